The Kier molecular flexibility index (Phi) is 5.05. The molecule has 8 nitrogen and oxygen atoms in total. The van der Waals surface area contributed by atoms with E-state index in [9.17, 15) is 9.59 Å². The molecule has 8 heteroatoms. The van der Waals surface area contributed by atoms with Crippen LogP contribution in [-0.4, -0.2) is 35.3 Å². The Morgan fingerprint density at radius 1 is 1.35 bits per heavy atom. The largest absolute Gasteiger partial charge is 0.423 e. The number of hydrogen-bond acceptors (Lipinski definition) is 7. The van der Waals surface area contributed by atoms with Crippen LogP contribution in [0.4, 0.5) is 0 Å². The zero-order valence-electron chi connectivity index (χ0n) is 11.4. The van der Waals surface area contributed by atoms with Crippen molar-refractivity contribution in [2.75, 3.05) is 13.2 Å². The number of unbranched alkanes of at least 4 members (excludes halogenated alkanes) is 1. The molecule has 1 aromatic heterocycles. The van der Waals surface area contributed by atoms with Gasteiger partial charge in [-0.15, -0.1) is 0 Å². The summed E-state index contributed by atoms with van der Waals surface area (Å²) < 4.78 is 16.3. The summed E-state index contributed by atoms with van der Waals surface area (Å²) in [7, 11) is 0. The first-order valence-corrected chi connectivity index (χ1v) is 6.66. The molecule has 0 spiro atoms. The van der Waals surface area contributed by atoms with E-state index in [-0.39, 0.29) is 12.3 Å². The van der Waals surface area contributed by atoms with Gasteiger partial charge in [0.1, 0.15) is 5.82 Å². The molecule has 1 atom stereocenters. The van der Waals surface area contributed by atoms with Gasteiger partial charge in [0.25, 0.3) is 0 Å². The number of aromatic nitrogens is 2. The summed E-state index contributed by atoms with van der Waals surface area (Å²) >= 11 is 0. The third-order valence-electron chi connectivity index (χ3n) is 3.24. The zero-order chi connectivity index (χ0) is 14.5. The predicted molar refractivity (Wildman–Crippen MR) is 69.3 cm³/mol. The summed E-state index contributed by atoms with van der Waals surface area (Å²) in [6.07, 6.45) is 1.92. The Bertz CT molecular complexity index is 547. The van der Waals surface area contributed by atoms with Crippen LogP contribution < -0.4 is 16.9 Å². The molecule has 0 aliphatic carbocycles. The quantitative estimate of drug-likeness (QED) is 0.547. The summed E-state index contributed by atoms with van der Waals surface area (Å²) in [5.41, 5.74) is 4.33. The molecule has 112 valence electrons. The van der Waals surface area contributed by atoms with Crippen molar-refractivity contribution in [3.8, 4) is 0 Å². The van der Waals surface area contributed by atoms with Gasteiger partial charge in [0, 0.05) is 6.54 Å². The average molecular weight is 285 g/mol. The van der Waals surface area contributed by atoms with Crippen molar-refractivity contribution >= 4 is 0 Å². The van der Waals surface area contributed by atoms with Gasteiger partial charge in [-0.2, -0.15) is 0 Å². The maximum atomic E-state index is 11.6. The van der Waals surface area contributed by atoms with Gasteiger partial charge >= 0.3 is 11.2 Å². The first kappa shape index (κ1) is 14.9. The molecule has 0 amide bonds. The summed E-state index contributed by atoms with van der Waals surface area (Å²) in [4.78, 5) is 22.7. The minimum atomic E-state index is -0.944. The highest BCUT2D eigenvalue weighted by Gasteiger charge is 2.23. The molecule has 1 aromatic rings. The van der Waals surface area contributed by atoms with Crippen molar-refractivity contribution in [1.29, 1.82) is 0 Å². The van der Waals surface area contributed by atoms with Gasteiger partial charge < -0.3 is 19.7 Å². The lowest BCUT2D eigenvalue weighted by molar-refractivity contribution is -0.0607. The molecule has 0 aromatic carbocycles. The van der Waals surface area contributed by atoms with Gasteiger partial charge in [-0.3, -0.25) is 9.36 Å². The zero-order valence-corrected chi connectivity index (χ0v) is 11.4. The number of hydrogen-bond donors (Lipinski definition) is 1. The van der Waals surface area contributed by atoms with Crippen LogP contribution in [0.15, 0.2) is 14.1 Å². The molecule has 2 rings (SSSR count). The fraction of sp³-hybridized carbons (Fsp3) is 0.750. The fourth-order valence-electron chi connectivity index (χ4n) is 2.13. The minimum Gasteiger partial charge on any atom is -0.349 e. The van der Waals surface area contributed by atoms with E-state index < -0.39 is 11.2 Å². The molecule has 2 N–H and O–H groups in total. The van der Waals surface area contributed by atoms with Crippen molar-refractivity contribution in [3.63, 3.8) is 0 Å². The van der Waals surface area contributed by atoms with Gasteiger partial charge in [-0.05, 0) is 26.2 Å². The molecule has 0 radical (unpaired) electrons. The van der Waals surface area contributed by atoms with Crippen LogP contribution in [0.1, 0.15) is 25.1 Å². The molecule has 1 fully saturated rings. The summed E-state index contributed by atoms with van der Waals surface area (Å²) in [6.45, 7) is 3.20. The topological polar surface area (TPSA) is 110 Å². The Labute approximate surface area is 115 Å². The smallest absolute Gasteiger partial charge is 0.349 e. The number of ether oxygens (including phenoxy) is 2. The average Bonchev–Trinajstić information content (AvgIpc) is 2.96. The van der Waals surface area contributed by atoms with E-state index in [1.807, 2.05) is 0 Å². The molecule has 1 aliphatic heterocycles. The molecule has 0 unspecified atom stereocenters. The monoisotopic (exact) mass is 285 g/mol. The molecule has 0 saturated carbocycles. The van der Waals surface area contributed by atoms with Crippen LogP contribution in [0.5, 0.6) is 0 Å². The lowest BCUT2D eigenvalue weighted by atomic mass is 10.1. The van der Waals surface area contributed by atoms with Crippen LogP contribution in [0, 0.1) is 6.92 Å². The molecule has 1 saturated heterocycles. The van der Waals surface area contributed by atoms with Crippen molar-refractivity contribution < 1.29 is 14.0 Å². The molecule has 1 aliphatic rings. The first-order valence-electron chi connectivity index (χ1n) is 6.66. The highest BCUT2D eigenvalue weighted by molar-refractivity contribution is 4.82. The van der Waals surface area contributed by atoms with Gasteiger partial charge in [-0.1, -0.05) is 5.16 Å². The maximum Gasteiger partial charge on any atom is 0.423 e. The summed E-state index contributed by atoms with van der Waals surface area (Å²) in [6, 6.07) is -0.172. The van der Waals surface area contributed by atoms with Crippen LogP contribution in [0.3, 0.4) is 0 Å². The van der Waals surface area contributed by atoms with E-state index in [1.54, 1.807) is 6.92 Å². The number of nitrogens with two attached hydrogens (primary N) is 1. The molecule has 20 heavy (non-hydrogen) atoms. The van der Waals surface area contributed by atoms with E-state index in [2.05, 4.69) is 9.68 Å². The van der Waals surface area contributed by atoms with Crippen LogP contribution in [0.25, 0.3) is 0 Å². The Morgan fingerprint density at radius 2 is 2.05 bits per heavy atom. The Morgan fingerprint density at radius 3 is 2.75 bits per heavy atom. The van der Waals surface area contributed by atoms with Crippen LogP contribution in [0.2, 0.25) is 0 Å². The van der Waals surface area contributed by atoms with Gasteiger partial charge in [0.15, 0.2) is 6.29 Å². The third kappa shape index (κ3) is 3.53. The number of rotatable bonds is 6. The minimum absolute atomic E-state index is 0.172. The van der Waals surface area contributed by atoms with E-state index in [4.69, 9.17) is 15.2 Å². The lowest BCUT2D eigenvalue weighted by Crippen LogP contribution is -2.36. The third-order valence-corrected chi connectivity index (χ3v) is 3.24. The van der Waals surface area contributed by atoms with Crippen molar-refractivity contribution in [1.82, 2.24) is 9.72 Å². The van der Waals surface area contributed by atoms with Gasteiger partial charge in [0.2, 0.25) is 0 Å². The highest BCUT2D eigenvalue weighted by Crippen LogP contribution is 2.12. The second-order valence-electron chi connectivity index (χ2n) is 4.74. The second kappa shape index (κ2) is 6.78. The predicted octanol–water partition coefficient (Wildman–Crippen LogP) is -0.625. The normalized spacial score (nSPS) is 17.5. The highest BCUT2D eigenvalue weighted by atomic mass is 16.7. The SMILES string of the molecule is Cc1noc(=O)c(=O)n1CCCC[C@H](N)C1OCCO1. The van der Waals surface area contributed by atoms with E-state index in [1.165, 1.54) is 4.57 Å². The van der Waals surface area contributed by atoms with Crippen molar-refractivity contribution in [3.05, 3.63) is 26.6 Å². The summed E-state index contributed by atoms with van der Waals surface area (Å²) in [5, 5.41) is 3.53. The number of aryl methyl sites for hydroxylation is 1. The number of nitrogens with zero attached hydrogens (tertiary/aromatic N) is 2. The molecule has 0 bridgehead atoms. The maximum absolute atomic E-state index is 11.6. The molecular formula is C12H19N3O5. The van der Waals surface area contributed by atoms with Crippen LogP contribution in [-0.2, 0) is 16.0 Å². The standard InChI is InChI=1S/C12H19N3O5/c1-8-14-20-11(17)10(16)15(8)5-3-2-4-9(13)12-18-6-7-19-12/h9,12H,2-7,13H2,1H3/t9-/m0/s1. The van der Waals surface area contributed by atoms with E-state index in [0.29, 0.717) is 32.0 Å². The lowest BCUT2D eigenvalue weighted by Gasteiger charge is -2.17. The van der Waals surface area contributed by atoms with Crippen LogP contribution >= 0.6 is 0 Å². The Hall–Kier alpha value is -1.51. The first-order chi connectivity index (χ1) is 9.59. The van der Waals surface area contributed by atoms with Gasteiger partial charge in [0.05, 0.1) is 19.3 Å². The second-order valence-corrected chi connectivity index (χ2v) is 4.74. The van der Waals surface area contributed by atoms with Gasteiger partial charge in [-0.25, -0.2) is 4.79 Å². The van der Waals surface area contributed by atoms with Crippen molar-refractivity contribution in [2.45, 2.75) is 45.1 Å². The molecule has 2 heterocycles. The fourth-order valence-corrected chi connectivity index (χ4v) is 2.13. The Balaban J connectivity index is 1.80. The summed E-state index contributed by atoms with van der Waals surface area (Å²) in [5.74, 6) is 0.390. The van der Waals surface area contributed by atoms with Crippen molar-refractivity contribution in [2.24, 2.45) is 5.73 Å². The molecular weight excluding hydrogens is 266 g/mol. The van der Waals surface area contributed by atoms with E-state index >= 15 is 0 Å². The van der Waals surface area contributed by atoms with E-state index in [0.717, 1.165) is 12.8 Å².